The number of carbonyl (C=O) groups is 2. The molecular weight excluding hydrogens is 539 g/mol. The second-order valence-corrected chi connectivity index (χ2v) is 11.4. The van der Waals surface area contributed by atoms with Crippen LogP contribution in [0.5, 0.6) is 0 Å². The molecule has 2 aromatic carbocycles. The normalized spacial score (nSPS) is 13.3. The minimum atomic E-state index is -4.09. The Morgan fingerprint density at radius 3 is 2.26 bits per heavy atom. The van der Waals surface area contributed by atoms with E-state index in [0.717, 1.165) is 37.2 Å². The molecule has 8 nitrogen and oxygen atoms in total. The maximum absolute atomic E-state index is 13.6. The van der Waals surface area contributed by atoms with Crippen LogP contribution in [-0.2, 0) is 26.3 Å². The minimum absolute atomic E-state index is 0.0856. The number of halogens is 2. The number of nitrogens with one attached hydrogen (secondary N) is 1. The van der Waals surface area contributed by atoms with Crippen molar-refractivity contribution in [3.8, 4) is 0 Å². The average molecular weight is 572 g/mol. The number of benzene rings is 2. The molecule has 0 fully saturated rings. The summed E-state index contributed by atoms with van der Waals surface area (Å²) in [5, 5.41) is 2.88. The summed E-state index contributed by atoms with van der Waals surface area (Å²) in [6, 6.07) is 11.2. The summed E-state index contributed by atoms with van der Waals surface area (Å²) in [7, 11) is -1.40. The van der Waals surface area contributed by atoms with Gasteiger partial charge in [0.25, 0.3) is 0 Å². The number of nitrogens with zero attached hydrogens (tertiary/aromatic N) is 3. The van der Waals surface area contributed by atoms with Crippen LogP contribution in [-0.4, -0.2) is 62.2 Å². The van der Waals surface area contributed by atoms with E-state index in [-0.39, 0.29) is 24.2 Å². The van der Waals surface area contributed by atoms with Gasteiger partial charge in [0.1, 0.15) is 18.4 Å². The molecule has 0 spiro atoms. The number of hydrogen-bond donors (Lipinski definition) is 1. The van der Waals surface area contributed by atoms with Crippen LogP contribution < -0.4 is 9.62 Å². The first-order chi connectivity index (χ1) is 16.4. The smallest absolute Gasteiger partial charge is 0.304 e. The van der Waals surface area contributed by atoms with E-state index in [9.17, 15) is 22.4 Å². The summed E-state index contributed by atoms with van der Waals surface area (Å²) in [6.45, 7) is 4.93. The molecule has 0 aliphatic carbocycles. The lowest BCUT2D eigenvalue weighted by Gasteiger charge is -2.33. The van der Waals surface area contributed by atoms with E-state index in [1.165, 1.54) is 31.1 Å². The average Bonchev–Trinajstić information content (AvgIpc) is 2.80. The molecule has 0 aliphatic heterocycles. The molecule has 2 aromatic rings. The van der Waals surface area contributed by atoms with Crippen molar-refractivity contribution in [2.45, 2.75) is 45.8 Å². The SMILES string of the molecule is CCC(C)NC(=O)C(C)N(Cc1cccc(Br)c1)C(=O)CN(c1ccc(F)cc1)S(=O)(=O)N(C)C. The summed E-state index contributed by atoms with van der Waals surface area (Å²) in [5.74, 6) is -1.45. The number of carbonyl (C=O) groups excluding carboxylic acids is 2. The van der Waals surface area contributed by atoms with Crippen molar-refractivity contribution in [1.29, 1.82) is 0 Å². The fourth-order valence-electron chi connectivity index (χ4n) is 3.20. The fourth-order valence-corrected chi connectivity index (χ4v) is 4.71. The van der Waals surface area contributed by atoms with Gasteiger partial charge in [-0.2, -0.15) is 12.7 Å². The Morgan fingerprint density at radius 2 is 1.71 bits per heavy atom. The van der Waals surface area contributed by atoms with Crippen LogP contribution in [0.2, 0.25) is 0 Å². The first kappa shape index (κ1) is 28.7. The summed E-state index contributed by atoms with van der Waals surface area (Å²) in [6.07, 6.45) is 0.720. The summed E-state index contributed by atoms with van der Waals surface area (Å²) in [4.78, 5) is 27.9. The predicted octanol–water partition coefficient (Wildman–Crippen LogP) is 3.53. The van der Waals surface area contributed by atoms with Crippen LogP contribution in [0.15, 0.2) is 53.0 Å². The topological polar surface area (TPSA) is 90.0 Å². The van der Waals surface area contributed by atoms with Gasteiger partial charge in [-0.25, -0.2) is 8.70 Å². The largest absolute Gasteiger partial charge is 0.352 e. The molecule has 0 aromatic heterocycles. The second kappa shape index (κ2) is 12.5. The molecule has 0 saturated heterocycles. The van der Waals surface area contributed by atoms with Crippen LogP contribution in [0.1, 0.15) is 32.8 Å². The van der Waals surface area contributed by atoms with Gasteiger partial charge in [-0.3, -0.25) is 9.59 Å². The Balaban J connectivity index is 2.44. The zero-order valence-corrected chi connectivity index (χ0v) is 22.9. The Bertz CT molecular complexity index is 1130. The number of rotatable bonds is 11. The monoisotopic (exact) mass is 570 g/mol. The number of hydrogen-bond acceptors (Lipinski definition) is 4. The van der Waals surface area contributed by atoms with Gasteiger partial charge < -0.3 is 10.2 Å². The second-order valence-electron chi connectivity index (χ2n) is 8.42. The molecule has 2 amide bonds. The number of anilines is 1. The van der Waals surface area contributed by atoms with Gasteiger partial charge in [0.05, 0.1) is 5.69 Å². The molecule has 0 heterocycles. The lowest BCUT2D eigenvalue weighted by atomic mass is 10.1. The molecule has 11 heteroatoms. The zero-order valence-electron chi connectivity index (χ0n) is 20.5. The van der Waals surface area contributed by atoms with Crippen molar-refractivity contribution in [3.63, 3.8) is 0 Å². The molecule has 2 unspecified atom stereocenters. The van der Waals surface area contributed by atoms with Crippen molar-refractivity contribution in [3.05, 3.63) is 64.4 Å². The van der Waals surface area contributed by atoms with Gasteiger partial charge in [-0.05, 0) is 62.2 Å². The van der Waals surface area contributed by atoms with Crippen molar-refractivity contribution >= 4 is 43.6 Å². The van der Waals surface area contributed by atoms with Crippen LogP contribution in [0.3, 0.4) is 0 Å². The highest BCUT2D eigenvalue weighted by atomic mass is 79.9. The Morgan fingerprint density at radius 1 is 1.09 bits per heavy atom. The third-order valence-corrected chi connectivity index (χ3v) is 7.86. The van der Waals surface area contributed by atoms with Crippen LogP contribution in [0.4, 0.5) is 10.1 Å². The molecule has 0 bridgehead atoms. The minimum Gasteiger partial charge on any atom is -0.352 e. The number of amides is 2. The van der Waals surface area contributed by atoms with Crippen molar-refractivity contribution in [1.82, 2.24) is 14.5 Å². The highest BCUT2D eigenvalue weighted by Gasteiger charge is 2.32. The summed E-state index contributed by atoms with van der Waals surface area (Å²) in [5.41, 5.74) is 0.896. The van der Waals surface area contributed by atoms with Crippen LogP contribution in [0, 0.1) is 5.82 Å². The van der Waals surface area contributed by atoms with Crippen LogP contribution in [0.25, 0.3) is 0 Å². The third-order valence-electron chi connectivity index (χ3n) is 5.54. The third kappa shape index (κ3) is 7.74. The highest BCUT2D eigenvalue weighted by Crippen LogP contribution is 2.22. The summed E-state index contributed by atoms with van der Waals surface area (Å²) >= 11 is 3.41. The molecule has 2 atom stereocenters. The van der Waals surface area contributed by atoms with Crippen LogP contribution >= 0.6 is 15.9 Å². The molecule has 1 N–H and O–H groups in total. The van der Waals surface area contributed by atoms with Gasteiger partial charge in [0, 0.05) is 31.2 Å². The van der Waals surface area contributed by atoms with E-state index in [0.29, 0.717) is 0 Å². The maximum atomic E-state index is 13.6. The lowest BCUT2D eigenvalue weighted by Crippen LogP contribution is -2.53. The molecular formula is C24H32BrFN4O4S. The van der Waals surface area contributed by atoms with Gasteiger partial charge >= 0.3 is 10.2 Å². The zero-order chi connectivity index (χ0) is 26.3. The lowest BCUT2D eigenvalue weighted by molar-refractivity contribution is -0.139. The van der Waals surface area contributed by atoms with E-state index in [4.69, 9.17) is 0 Å². The molecule has 35 heavy (non-hydrogen) atoms. The molecule has 0 radical (unpaired) electrons. The van der Waals surface area contributed by atoms with Gasteiger partial charge in [-0.1, -0.05) is 35.0 Å². The van der Waals surface area contributed by atoms with Gasteiger partial charge in [0.2, 0.25) is 11.8 Å². The molecule has 2 rings (SSSR count). The van der Waals surface area contributed by atoms with Gasteiger partial charge in [0.15, 0.2) is 0 Å². The maximum Gasteiger partial charge on any atom is 0.304 e. The van der Waals surface area contributed by atoms with Crippen molar-refractivity contribution in [2.24, 2.45) is 0 Å². The molecule has 0 aliphatic rings. The van der Waals surface area contributed by atoms with E-state index >= 15 is 0 Å². The first-order valence-electron chi connectivity index (χ1n) is 11.2. The van der Waals surface area contributed by atoms with E-state index in [1.54, 1.807) is 6.92 Å². The van der Waals surface area contributed by atoms with Crippen molar-refractivity contribution in [2.75, 3.05) is 24.9 Å². The Hall–Kier alpha value is -2.50. The predicted molar refractivity (Wildman–Crippen MR) is 138 cm³/mol. The van der Waals surface area contributed by atoms with E-state index in [2.05, 4.69) is 21.2 Å². The molecule has 192 valence electrons. The fraction of sp³-hybridized carbons (Fsp3) is 0.417. The molecule has 0 saturated carbocycles. The van der Waals surface area contributed by atoms with E-state index in [1.807, 2.05) is 38.1 Å². The van der Waals surface area contributed by atoms with E-state index < -0.39 is 34.5 Å². The van der Waals surface area contributed by atoms with Crippen molar-refractivity contribution < 1.29 is 22.4 Å². The van der Waals surface area contributed by atoms with Gasteiger partial charge in [-0.15, -0.1) is 0 Å². The standard InChI is InChI=1S/C24H32BrFN4O4S/c1-6-17(2)27-24(32)18(3)29(15-19-8-7-9-20(25)14-19)23(31)16-30(35(33,34)28(4)5)22-12-10-21(26)11-13-22/h7-14,17-18H,6,15-16H2,1-5H3,(H,27,32). The highest BCUT2D eigenvalue weighted by molar-refractivity contribution is 9.10. The first-order valence-corrected chi connectivity index (χ1v) is 13.4. The summed E-state index contributed by atoms with van der Waals surface area (Å²) < 4.78 is 42.3. The quantitative estimate of drug-likeness (QED) is 0.447. The Labute approximate surface area is 215 Å². The Kier molecular flexibility index (Phi) is 10.2.